The van der Waals surface area contributed by atoms with E-state index in [1.165, 1.54) is 37.8 Å². The summed E-state index contributed by atoms with van der Waals surface area (Å²) in [5.74, 6) is 4.50. The number of benzene rings is 4. The number of amides is 2. The van der Waals surface area contributed by atoms with Gasteiger partial charge in [0.05, 0.1) is 5.56 Å². The Hall–Kier alpha value is -8.61. The summed E-state index contributed by atoms with van der Waals surface area (Å²) in [5, 5.41) is 33.0. The summed E-state index contributed by atoms with van der Waals surface area (Å²) in [7, 11) is 0. The van der Waals surface area contributed by atoms with E-state index < -0.39 is 11.7 Å². The van der Waals surface area contributed by atoms with Crippen molar-refractivity contribution in [1.29, 1.82) is 0 Å². The van der Waals surface area contributed by atoms with E-state index in [9.17, 15) is 22.8 Å². The van der Waals surface area contributed by atoms with Crippen LogP contribution in [0.3, 0.4) is 0 Å². The van der Waals surface area contributed by atoms with Crippen molar-refractivity contribution in [1.82, 2.24) is 40.3 Å². The van der Waals surface area contributed by atoms with Gasteiger partial charge in [-0.3, -0.25) is 15.0 Å². The number of aryl methyl sites for hydroxylation is 1. The Morgan fingerprint density at radius 1 is 0.571 bits per heavy atom. The number of ketones is 1. The minimum absolute atomic E-state index is 0. The lowest BCUT2D eigenvalue weighted by atomic mass is 10.0. The number of alkyl halides is 3. The number of rotatable bonds is 16. The average Bonchev–Trinajstić information content (AvgIpc) is 4.26. The zero-order chi connectivity index (χ0) is 47.7. The molecule has 19 heteroatoms. The second-order valence-electron chi connectivity index (χ2n) is 16.8. The number of aromatic amines is 2. The molecule has 2 fully saturated rings. The maximum absolute atomic E-state index is 12.9. The standard InChI is InChI=1S/C26H23F3N6O.C24H24N8O.CH4/c27-26(28,29)19-3-1-2-17(12-19)14-21(36)13-16-4-8-20(9-5-16)31-25-30-11-10-23(33-25)32-24-15-22(34-35-24)18-6-7-18;1-15-4-2-5-17(12-15)27-24(33)28-19-7-3-6-18(13-19)26-23-25-11-10-21(30-23)29-22-14-20(31-32-22)16-8-9-16;/h1-5,8-12,15,18H,6-7,13-14H2,(H3,30,31,32,33,34,35);2-7,10-14,16H,8-9H2,1H3,(H2,27,28,33)(H3,25,26,29,30,31,32);1H4. The van der Waals surface area contributed by atoms with Crippen molar-refractivity contribution in [3.8, 4) is 0 Å². The van der Waals surface area contributed by atoms with Crippen LogP contribution in [0.15, 0.2) is 134 Å². The highest BCUT2D eigenvalue weighted by Crippen LogP contribution is 2.40. The normalized spacial score (nSPS) is 12.9. The Morgan fingerprint density at radius 3 is 1.67 bits per heavy atom. The Kier molecular flexibility index (Phi) is 14.7. The van der Waals surface area contributed by atoms with Crippen molar-refractivity contribution < 1.29 is 22.8 Å². The minimum Gasteiger partial charge on any atom is -0.324 e. The molecule has 2 aliphatic carbocycles. The number of urea groups is 1. The van der Waals surface area contributed by atoms with E-state index in [0.717, 1.165) is 57.5 Å². The van der Waals surface area contributed by atoms with Crippen LogP contribution in [-0.4, -0.2) is 52.1 Å². The molecular weight excluding hydrogens is 898 g/mol. The molecule has 70 heavy (non-hydrogen) atoms. The van der Waals surface area contributed by atoms with E-state index in [-0.39, 0.29) is 32.1 Å². The minimum atomic E-state index is -4.43. The third kappa shape index (κ3) is 13.7. The zero-order valence-corrected chi connectivity index (χ0v) is 37.2. The highest BCUT2D eigenvalue weighted by Gasteiger charge is 2.30. The van der Waals surface area contributed by atoms with Gasteiger partial charge in [-0.15, -0.1) is 0 Å². The first-order chi connectivity index (χ1) is 33.4. The van der Waals surface area contributed by atoms with Crippen molar-refractivity contribution >= 4 is 69.7 Å². The van der Waals surface area contributed by atoms with Gasteiger partial charge in [-0.25, -0.2) is 14.8 Å². The van der Waals surface area contributed by atoms with Crippen LogP contribution in [-0.2, 0) is 23.8 Å². The van der Waals surface area contributed by atoms with Gasteiger partial charge in [-0.05, 0) is 110 Å². The number of nitrogens with zero attached hydrogens (tertiary/aromatic N) is 6. The number of carbonyl (C=O) groups is 2. The fourth-order valence-electron chi connectivity index (χ4n) is 7.28. The number of hydrogen-bond donors (Lipinski definition) is 8. The molecule has 0 radical (unpaired) electrons. The molecule has 0 atom stereocenters. The van der Waals surface area contributed by atoms with E-state index in [0.29, 0.717) is 52.4 Å². The van der Waals surface area contributed by atoms with Gasteiger partial charge < -0.3 is 31.9 Å². The van der Waals surface area contributed by atoms with Gasteiger partial charge >= 0.3 is 12.2 Å². The first-order valence-corrected chi connectivity index (χ1v) is 22.3. The summed E-state index contributed by atoms with van der Waals surface area (Å²) >= 11 is 0. The Morgan fingerprint density at radius 2 is 1.10 bits per heavy atom. The van der Waals surface area contributed by atoms with Crippen molar-refractivity contribution in [2.45, 2.75) is 70.9 Å². The van der Waals surface area contributed by atoms with Gasteiger partial charge in [0.15, 0.2) is 11.6 Å². The zero-order valence-electron chi connectivity index (χ0n) is 37.2. The summed E-state index contributed by atoms with van der Waals surface area (Å²) in [6.45, 7) is 1.98. The molecule has 8 N–H and O–H groups in total. The number of halogens is 3. The van der Waals surface area contributed by atoms with Crippen LogP contribution >= 0.6 is 0 Å². The van der Waals surface area contributed by atoms with Crippen LogP contribution in [0.1, 0.15) is 78.6 Å². The van der Waals surface area contributed by atoms with Crippen molar-refractivity contribution in [2.24, 2.45) is 0 Å². The highest BCUT2D eigenvalue weighted by molar-refractivity contribution is 6.00. The van der Waals surface area contributed by atoms with E-state index >= 15 is 0 Å². The maximum Gasteiger partial charge on any atom is 0.416 e. The van der Waals surface area contributed by atoms with Crippen LogP contribution in [0, 0.1) is 6.92 Å². The first kappa shape index (κ1) is 47.9. The van der Waals surface area contributed by atoms with Crippen LogP contribution in [0.2, 0.25) is 0 Å². The third-order valence-corrected chi connectivity index (χ3v) is 11.0. The largest absolute Gasteiger partial charge is 0.416 e. The Bertz CT molecular complexity index is 3060. The lowest BCUT2D eigenvalue weighted by Gasteiger charge is -2.11. The van der Waals surface area contributed by atoms with E-state index in [1.54, 1.807) is 48.8 Å². The quantitative estimate of drug-likeness (QED) is 0.0454. The number of anilines is 10. The molecule has 2 aliphatic rings. The van der Waals surface area contributed by atoms with Crippen molar-refractivity contribution in [2.75, 3.05) is 31.9 Å². The molecule has 358 valence electrons. The molecule has 4 aromatic carbocycles. The summed E-state index contributed by atoms with van der Waals surface area (Å²) in [5.41, 5.74) is 6.57. The van der Waals surface area contributed by atoms with Gasteiger partial charge in [0.2, 0.25) is 11.9 Å². The molecular formula is C51H51F3N14O2. The van der Waals surface area contributed by atoms with Crippen molar-refractivity contribution in [3.05, 3.63) is 167 Å². The molecule has 2 saturated carbocycles. The second kappa shape index (κ2) is 21.6. The predicted molar refractivity (Wildman–Crippen MR) is 266 cm³/mol. The molecule has 4 heterocycles. The van der Waals surface area contributed by atoms with Crippen LogP contribution in [0.5, 0.6) is 0 Å². The van der Waals surface area contributed by atoms with Gasteiger partial charge in [0, 0.05) is 83.3 Å². The highest BCUT2D eigenvalue weighted by atomic mass is 19.4. The summed E-state index contributed by atoms with van der Waals surface area (Å²) in [6.07, 6.45) is 3.73. The number of nitrogens with one attached hydrogen (secondary N) is 8. The average molecular weight is 949 g/mol. The van der Waals surface area contributed by atoms with Gasteiger partial charge in [0.1, 0.15) is 17.4 Å². The summed E-state index contributed by atoms with van der Waals surface area (Å²) in [6, 6.07) is 34.2. The molecule has 10 rings (SSSR count). The molecule has 0 saturated heterocycles. The monoisotopic (exact) mass is 948 g/mol. The Labute approximate surface area is 401 Å². The van der Waals surface area contributed by atoms with E-state index in [2.05, 4.69) is 72.2 Å². The Balaban J connectivity index is 0.000000186. The van der Waals surface area contributed by atoms with Crippen LogP contribution in [0.4, 0.5) is 75.9 Å². The number of aromatic nitrogens is 8. The SMILES string of the molecule is C.Cc1cccc(NC(=O)Nc2cccc(Nc3nccc(Nc4cc(C5CC5)[nH]n4)n3)c2)c1.O=C(Cc1ccc(Nc2nccc(Nc3cc(C4CC4)[nH]n3)n2)cc1)Cc1cccc(C(F)(F)F)c1. The fourth-order valence-corrected chi connectivity index (χ4v) is 7.28. The van der Waals surface area contributed by atoms with Crippen LogP contribution < -0.4 is 31.9 Å². The van der Waals surface area contributed by atoms with Gasteiger partial charge in [0.25, 0.3) is 0 Å². The number of hydrogen-bond acceptors (Lipinski definition) is 12. The molecule has 4 aromatic heterocycles. The molecule has 8 aromatic rings. The molecule has 16 nitrogen and oxygen atoms in total. The van der Waals surface area contributed by atoms with Gasteiger partial charge in [-0.2, -0.15) is 33.3 Å². The van der Waals surface area contributed by atoms with E-state index in [4.69, 9.17) is 0 Å². The lowest BCUT2D eigenvalue weighted by Crippen LogP contribution is -2.19. The summed E-state index contributed by atoms with van der Waals surface area (Å²) in [4.78, 5) is 42.2. The van der Waals surface area contributed by atoms with Crippen molar-refractivity contribution in [3.63, 3.8) is 0 Å². The fraction of sp³-hybridized carbons (Fsp3) is 0.216. The number of Topliss-reactive ketones (excluding diaryl/α,β-unsaturated/α-hetero) is 1. The molecule has 0 aliphatic heterocycles. The molecule has 0 unspecified atom stereocenters. The second-order valence-corrected chi connectivity index (χ2v) is 16.8. The third-order valence-electron chi connectivity index (χ3n) is 11.0. The first-order valence-electron chi connectivity index (χ1n) is 22.3. The lowest BCUT2D eigenvalue weighted by molar-refractivity contribution is -0.137. The number of carbonyl (C=O) groups excluding carboxylic acids is 2. The topological polar surface area (TPSA) is 215 Å². The van der Waals surface area contributed by atoms with Crippen LogP contribution in [0.25, 0.3) is 0 Å². The summed E-state index contributed by atoms with van der Waals surface area (Å²) < 4.78 is 38.7. The maximum atomic E-state index is 12.9. The molecule has 2 amide bonds. The number of H-pyrrole nitrogens is 2. The molecule has 0 bridgehead atoms. The molecule has 0 spiro atoms. The van der Waals surface area contributed by atoms with E-state index in [1.807, 2.05) is 67.6 Å². The predicted octanol–water partition coefficient (Wildman–Crippen LogP) is 12.1. The van der Waals surface area contributed by atoms with Gasteiger partial charge in [-0.1, -0.05) is 56.0 Å². The smallest absolute Gasteiger partial charge is 0.324 e.